The molecule has 0 saturated carbocycles. The van der Waals surface area contributed by atoms with E-state index in [2.05, 4.69) is 22.6 Å². The first-order valence-corrected chi connectivity index (χ1v) is 6.59. The third kappa shape index (κ3) is 5.89. The quantitative estimate of drug-likeness (QED) is 0.521. The molecule has 1 rings (SSSR count). The molecule has 7 heteroatoms. The van der Waals surface area contributed by atoms with E-state index in [1.54, 1.807) is 0 Å². The number of aliphatic hydroxyl groups excluding tert-OH is 1. The first-order valence-electron chi connectivity index (χ1n) is 6.59. The van der Waals surface area contributed by atoms with E-state index in [0.29, 0.717) is 12.5 Å². The van der Waals surface area contributed by atoms with Crippen LogP contribution in [0, 0.1) is 5.92 Å². The van der Waals surface area contributed by atoms with Crippen molar-refractivity contribution in [2.75, 3.05) is 33.3 Å². The lowest BCUT2D eigenvalue weighted by molar-refractivity contribution is -0.140. The fourth-order valence-electron chi connectivity index (χ4n) is 2.14. The van der Waals surface area contributed by atoms with Crippen LogP contribution in [-0.2, 0) is 4.79 Å². The number of piperidine rings is 1. The highest BCUT2D eigenvalue weighted by Crippen LogP contribution is 2.18. The average molecular weight is 273 g/mol. The summed E-state index contributed by atoms with van der Waals surface area (Å²) in [5.41, 5.74) is 0. The van der Waals surface area contributed by atoms with Crippen LogP contribution >= 0.6 is 0 Å². The Morgan fingerprint density at radius 3 is 2.53 bits per heavy atom. The fourth-order valence-corrected chi connectivity index (χ4v) is 2.14. The average Bonchev–Trinajstić information content (AvgIpc) is 2.38. The van der Waals surface area contributed by atoms with E-state index < -0.39 is 24.6 Å². The molecule has 1 fully saturated rings. The summed E-state index contributed by atoms with van der Waals surface area (Å²) in [6.07, 6.45) is 3.17. The first-order chi connectivity index (χ1) is 9.02. The van der Waals surface area contributed by atoms with Crippen molar-refractivity contribution in [2.24, 2.45) is 5.92 Å². The van der Waals surface area contributed by atoms with Gasteiger partial charge in [-0.2, -0.15) is 0 Å². The van der Waals surface area contributed by atoms with Gasteiger partial charge in [-0.1, -0.05) is 0 Å². The number of hydrogen-bond donors (Lipinski definition) is 4. The van der Waals surface area contributed by atoms with E-state index in [4.69, 9.17) is 10.2 Å². The molecule has 0 aromatic rings. The van der Waals surface area contributed by atoms with Crippen LogP contribution < -0.4 is 10.6 Å². The van der Waals surface area contributed by atoms with E-state index in [-0.39, 0.29) is 0 Å². The number of aliphatic carboxylic acids is 1. The zero-order valence-electron chi connectivity index (χ0n) is 11.3. The maximum absolute atomic E-state index is 11.4. The number of rotatable bonds is 6. The lowest BCUT2D eigenvalue weighted by atomic mass is 9.94. The molecular formula is C12H23N3O4. The van der Waals surface area contributed by atoms with Gasteiger partial charge in [0.1, 0.15) is 0 Å². The molecule has 2 amide bonds. The molecule has 19 heavy (non-hydrogen) atoms. The minimum absolute atomic E-state index is 0.526. The Morgan fingerprint density at radius 2 is 2.00 bits per heavy atom. The minimum Gasteiger partial charge on any atom is -0.480 e. The molecule has 1 aliphatic heterocycles. The SMILES string of the molecule is CN1CCC(CCNC(=O)N[C@H](CO)C(=O)O)CC1. The van der Waals surface area contributed by atoms with Crippen LogP contribution in [-0.4, -0.2) is 66.4 Å². The topological polar surface area (TPSA) is 102 Å². The van der Waals surface area contributed by atoms with Gasteiger partial charge in [-0.05, 0) is 45.3 Å². The molecule has 0 aromatic heterocycles. The highest BCUT2D eigenvalue weighted by molar-refractivity contribution is 5.82. The molecule has 110 valence electrons. The summed E-state index contributed by atoms with van der Waals surface area (Å²) in [6, 6.07) is -1.79. The van der Waals surface area contributed by atoms with Crippen molar-refractivity contribution in [3.8, 4) is 0 Å². The van der Waals surface area contributed by atoms with E-state index >= 15 is 0 Å². The lowest BCUT2D eigenvalue weighted by Gasteiger charge is -2.28. The lowest BCUT2D eigenvalue weighted by Crippen LogP contribution is -2.48. The van der Waals surface area contributed by atoms with Gasteiger partial charge in [0.05, 0.1) is 6.61 Å². The van der Waals surface area contributed by atoms with Crippen molar-refractivity contribution in [2.45, 2.75) is 25.3 Å². The Balaban J connectivity index is 2.15. The standard InChI is InChI=1S/C12H23N3O4/c1-15-6-3-9(4-7-15)2-5-13-12(19)14-10(8-16)11(17)18/h9-10,16H,2-8H2,1H3,(H,17,18)(H2,13,14,19)/t10-/m1/s1. The second-order valence-corrected chi connectivity index (χ2v) is 5.01. The summed E-state index contributed by atoms with van der Waals surface area (Å²) in [4.78, 5) is 24.3. The normalized spacial score (nSPS) is 18.8. The Kier molecular flexibility index (Phi) is 6.58. The highest BCUT2D eigenvalue weighted by atomic mass is 16.4. The summed E-state index contributed by atoms with van der Waals surface area (Å²) in [7, 11) is 2.10. The molecule has 7 nitrogen and oxygen atoms in total. The van der Waals surface area contributed by atoms with Crippen molar-refractivity contribution in [3.63, 3.8) is 0 Å². The molecule has 1 aliphatic rings. The van der Waals surface area contributed by atoms with Gasteiger partial charge in [0, 0.05) is 6.54 Å². The molecule has 0 spiro atoms. The molecule has 1 atom stereocenters. The summed E-state index contributed by atoms with van der Waals surface area (Å²) in [6.45, 7) is 2.08. The summed E-state index contributed by atoms with van der Waals surface area (Å²) >= 11 is 0. The van der Waals surface area contributed by atoms with Gasteiger partial charge in [0.25, 0.3) is 0 Å². The zero-order valence-corrected chi connectivity index (χ0v) is 11.3. The third-order valence-corrected chi connectivity index (χ3v) is 3.46. The predicted molar refractivity (Wildman–Crippen MR) is 69.9 cm³/mol. The number of hydrogen-bond acceptors (Lipinski definition) is 4. The Morgan fingerprint density at radius 1 is 1.37 bits per heavy atom. The third-order valence-electron chi connectivity index (χ3n) is 3.46. The van der Waals surface area contributed by atoms with E-state index in [0.717, 1.165) is 32.4 Å². The van der Waals surface area contributed by atoms with Crippen LogP contribution in [0.25, 0.3) is 0 Å². The molecule has 0 unspecified atom stereocenters. The Bertz CT molecular complexity index is 303. The second-order valence-electron chi connectivity index (χ2n) is 5.01. The van der Waals surface area contributed by atoms with Crippen molar-refractivity contribution in [1.29, 1.82) is 0 Å². The first kappa shape index (κ1) is 15.7. The van der Waals surface area contributed by atoms with Gasteiger partial charge in [-0.15, -0.1) is 0 Å². The molecule has 0 radical (unpaired) electrons. The zero-order chi connectivity index (χ0) is 14.3. The number of aliphatic hydroxyl groups is 1. The highest BCUT2D eigenvalue weighted by Gasteiger charge is 2.19. The largest absolute Gasteiger partial charge is 0.480 e. The molecule has 1 saturated heterocycles. The van der Waals surface area contributed by atoms with Gasteiger partial charge in [0.15, 0.2) is 6.04 Å². The molecule has 0 aromatic carbocycles. The van der Waals surface area contributed by atoms with Crippen molar-refractivity contribution in [1.82, 2.24) is 15.5 Å². The van der Waals surface area contributed by atoms with Crippen molar-refractivity contribution in [3.05, 3.63) is 0 Å². The smallest absolute Gasteiger partial charge is 0.328 e. The minimum atomic E-state index is -1.25. The van der Waals surface area contributed by atoms with Crippen LogP contribution in [0.2, 0.25) is 0 Å². The summed E-state index contributed by atoms with van der Waals surface area (Å²) < 4.78 is 0. The molecule has 1 heterocycles. The van der Waals surface area contributed by atoms with Crippen LogP contribution in [0.5, 0.6) is 0 Å². The summed E-state index contributed by atoms with van der Waals surface area (Å²) in [5, 5.41) is 22.3. The van der Waals surface area contributed by atoms with E-state index in [1.165, 1.54) is 0 Å². The summed E-state index contributed by atoms with van der Waals surface area (Å²) in [5.74, 6) is -0.627. The fraction of sp³-hybridized carbons (Fsp3) is 0.833. The van der Waals surface area contributed by atoms with Gasteiger partial charge >= 0.3 is 12.0 Å². The number of amides is 2. The van der Waals surface area contributed by atoms with Crippen LogP contribution in [0.1, 0.15) is 19.3 Å². The van der Waals surface area contributed by atoms with Crippen molar-refractivity contribution < 1.29 is 19.8 Å². The van der Waals surface area contributed by atoms with E-state index in [1.807, 2.05) is 0 Å². The number of carboxylic acids is 1. The van der Waals surface area contributed by atoms with Crippen LogP contribution in [0.4, 0.5) is 4.79 Å². The van der Waals surface area contributed by atoms with Crippen LogP contribution in [0.3, 0.4) is 0 Å². The Hall–Kier alpha value is -1.34. The maximum Gasteiger partial charge on any atom is 0.328 e. The number of nitrogens with zero attached hydrogens (tertiary/aromatic N) is 1. The predicted octanol–water partition coefficient (Wildman–Crippen LogP) is -0.537. The monoisotopic (exact) mass is 273 g/mol. The van der Waals surface area contributed by atoms with Gasteiger partial charge in [-0.3, -0.25) is 0 Å². The Labute approximate surface area is 113 Å². The number of carboxylic acid groups (broad SMARTS) is 1. The number of nitrogens with one attached hydrogen (secondary N) is 2. The maximum atomic E-state index is 11.4. The van der Waals surface area contributed by atoms with E-state index in [9.17, 15) is 9.59 Å². The number of likely N-dealkylation sites (tertiary alicyclic amines) is 1. The molecule has 0 bridgehead atoms. The number of carbonyl (C=O) groups is 2. The van der Waals surface area contributed by atoms with Gasteiger partial charge in [0.2, 0.25) is 0 Å². The van der Waals surface area contributed by atoms with Gasteiger partial charge in [-0.25, -0.2) is 9.59 Å². The number of carbonyl (C=O) groups excluding carboxylic acids is 1. The molecular weight excluding hydrogens is 250 g/mol. The van der Waals surface area contributed by atoms with Crippen molar-refractivity contribution >= 4 is 12.0 Å². The van der Waals surface area contributed by atoms with Crippen LogP contribution in [0.15, 0.2) is 0 Å². The second kappa shape index (κ2) is 7.96. The molecule has 4 N–H and O–H groups in total. The number of urea groups is 1. The molecule has 0 aliphatic carbocycles. The van der Waals surface area contributed by atoms with Gasteiger partial charge < -0.3 is 25.7 Å².